The highest BCUT2D eigenvalue weighted by Gasteiger charge is 2.32. The van der Waals surface area contributed by atoms with Gasteiger partial charge in [0.1, 0.15) is 6.10 Å². The molecular weight excluding hydrogens is 501 g/mol. The van der Waals surface area contributed by atoms with Gasteiger partial charge in [-0.1, -0.05) is 0 Å². The van der Waals surface area contributed by atoms with E-state index in [0.29, 0.717) is 30.4 Å². The van der Waals surface area contributed by atoms with Crippen LogP contribution in [0, 0.1) is 0 Å². The van der Waals surface area contributed by atoms with Crippen molar-refractivity contribution in [2.75, 3.05) is 54.2 Å². The van der Waals surface area contributed by atoms with Crippen molar-refractivity contribution in [2.24, 2.45) is 4.99 Å². The molecule has 9 heteroatoms. The molecule has 2 fully saturated rings. The molecule has 1 aromatic carbocycles. The molecule has 2 atom stereocenters. The highest BCUT2D eigenvalue weighted by Crippen LogP contribution is 2.40. The number of hydrogen-bond acceptors (Lipinski definition) is 6. The zero-order valence-corrected chi connectivity index (χ0v) is 20.6. The van der Waals surface area contributed by atoms with Crippen molar-refractivity contribution in [3.63, 3.8) is 0 Å². The molecule has 8 nitrogen and oxygen atoms in total. The predicted octanol–water partition coefficient (Wildman–Crippen LogP) is 2.68. The van der Waals surface area contributed by atoms with E-state index >= 15 is 0 Å². The normalized spacial score (nSPS) is 21.7. The number of rotatable bonds is 7. The van der Waals surface area contributed by atoms with Gasteiger partial charge in [-0.05, 0) is 31.9 Å². The molecule has 0 aromatic heterocycles. The zero-order valence-electron chi connectivity index (χ0n) is 18.3. The van der Waals surface area contributed by atoms with Gasteiger partial charge in [0.05, 0.1) is 40.6 Å². The maximum atomic E-state index is 5.98. The maximum absolute atomic E-state index is 5.98. The highest BCUT2D eigenvalue weighted by molar-refractivity contribution is 14.0. The van der Waals surface area contributed by atoms with Crippen LogP contribution >= 0.6 is 24.0 Å². The van der Waals surface area contributed by atoms with E-state index < -0.39 is 0 Å². The summed E-state index contributed by atoms with van der Waals surface area (Å²) in [6.45, 7) is 6.42. The summed E-state index contributed by atoms with van der Waals surface area (Å²) in [4.78, 5) is 7.12. The van der Waals surface area contributed by atoms with E-state index in [4.69, 9.17) is 28.7 Å². The van der Waals surface area contributed by atoms with Crippen LogP contribution in [0.15, 0.2) is 17.1 Å². The van der Waals surface area contributed by atoms with Gasteiger partial charge >= 0.3 is 0 Å². The number of morpholine rings is 1. The Morgan fingerprint density at radius 3 is 2.50 bits per heavy atom. The molecule has 2 aliphatic rings. The van der Waals surface area contributed by atoms with Crippen molar-refractivity contribution >= 4 is 29.9 Å². The van der Waals surface area contributed by atoms with Crippen LogP contribution < -0.4 is 19.5 Å². The van der Waals surface area contributed by atoms with Crippen LogP contribution in [-0.2, 0) is 16.0 Å². The molecule has 2 saturated heterocycles. The SMILES string of the molecule is CCNC(=NCc1ccc(OC)c(OC)c1OC)N1CCOC(C2CCCO2)C1.I. The van der Waals surface area contributed by atoms with E-state index in [0.717, 1.165) is 50.6 Å². The van der Waals surface area contributed by atoms with E-state index in [-0.39, 0.29) is 36.2 Å². The summed E-state index contributed by atoms with van der Waals surface area (Å²) in [5.74, 6) is 2.73. The Morgan fingerprint density at radius 1 is 1.10 bits per heavy atom. The van der Waals surface area contributed by atoms with E-state index in [9.17, 15) is 0 Å². The first-order valence-corrected chi connectivity index (χ1v) is 10.3. The van der Waals surface area contributed by atoms with Crippen molar-refractivity contribution in [2.45, 2.75) is 38.5 Å². The lowest BCUT2D eigenvalue weighted by atomic mass is 10.1. The van der Waals surface area contributed by atoms with Crippen molar-refractivity contribution in [1.82, 2.24) is 10.2 Å². The summed E-state index contributed by atoms with van der Waals surface area (Å²) < 4.78 is 28.2. The van der Waals surface area contributed by atoms with Crippen LogP contribution in [0.4, 0.5) is 0 Å². The van der Waals surface area contributed by atoms with Gasteiger partial charge in [0.25, 0.3) is 0 Å². The van der Waals surface area contributed by atoms with Gasteiger partial charge in [0, 0.05) is 31.8 Å². The quantitative estimate of drug-likeness (QED) is 0.327. The first kappa shape index (κ1) is 24.8. The molecule has 2 unspecified atom stereocenters. The average Bonchev–Trinajstić information content (AvgIpc) is 3.31. The number of halogens is 1. The number of benzene rings is 1. The van der Waals surface area contributed by atoms with Crippen molar-refractivity contribution in [3.8, 4) is 17.2 Å². The molecule has 0 spiro atoms. The Labute approximate surface area is 196 Å². The number of hydrogen-bond donors (Lipinski definition) is 1. The molecule has 3 rings (SSSR count). The average molecular weight is 535 g/mol. The third-order valence-electron chi connectivity index (χ3n) is 5.29. The lowest BCUT2D eigenvalue weighted by Crippen LogP contribution is -2.53. The fourth-order valence-electron chi connectivity index (χ4n) is 3.86. The van der Waals surface area contributed by atoms with Crippen LogP contribution in [0.5, 0.6) is 17.2 Å². The molecule has 1 aromatic rings. The van der Waals surface area contributed by atoms with Crippen molar-refractivity contribution in [3.05, 3.63) is 17.7 Å². The highest BCUT2D eigenvalue weighted by atomic mass is 127. The molecule has 0 bridgehead atoms. The van der Waals surface area contributed by atoms with E-state index in [1.54, 1.807) is 21.3 Å². The molecule has 0 amide bonds. The van der Waals surface area contributed by atoms with Crippen molar-refractivity contribution < 1.29 is 23.7 Å². The van der Waals surface area contributed by atoms with Gasteiger partial charge in [-0.15, -0.1) is 24.0 Å². The monoisotopic (exact) mass is 535 g/mol. The molecule has 2 heterocycles. The van der Waals surface area contributed by atoms with Crippen LogP contribution in [0.3, 0.4) is 0 Å². The van der Waals surface area contributed by atoms with Gasteiger partial charge in [-0.2, -0.15) is 0 Å². The lowest BCUT2D eigenvalue weighted by Gasteiger charge is -2.37. The van der Waals surface area contributed by atoms with Gasteiger partial charge in [0.2, 0.25) is 5.75 Å². The summed E-state index contributed by atoms with van der Waals surface area (Å²) in [5, 5.41) is 3.41. The zero-order chi connectivity index (χ0) is 20.6. The van der Waals surface area contributed by atoms with Gasteiger partial charge in [-0.3, -0.25) is 0 Å². The minimum Gasteiger partial charge on any atom is -0.493 e. The molecule has 170 valence electrons. The molecule has 2 aliphatic heterocycles. The minimum absolute atomic E-state index is 0. The summed E-state index contributed by atoms with van der Waals surface area (Å²) in [6.07, 6.45) is 2.45. The van der Waals surface area contributed by atoms with Crippen LogP contribution in [0.1, 0.15) is 25.3 Å². The molecule has 0 saturated carbocycles. The molecule has 1 N–H and O–H groups in total. The second kappa shape index (κ2) is 12.4. The minimum atomic E-state index is 0. The second-order valence-corrected chi connectivity index (χ2v) is 7.07. The Balaban J connectivity index is 0.00000320. The van der Waals surface area contributed by atoms with Crippen molar-refractivity contribution in [1.29, 1.82) is 0 Å². The molecule has 0 radical (unpaired) electrons. The van der Waals surface area contributed by atoms with Gasteiger partial charge in [-0.25, -0.2) is 4.99 Å². The third-order valence-corrected chi connectivity index (χ3v) is 5.29. The maximum Gasteiger partial charge on any atom is 0.203 e. The fraction of sp³-hybridized carbons (Fsp3) is 0.667. The molecule has 0 aliphatic carbocycles. The van der Waals surface area contributed by atoms with Crippen LogP contribution in [-0.4, -0.2) is 77.2 Å². The number of aliphatic imine (C=N–C) groups is 1. The van der Waals surface area contributed by atoms with E-state index in [1.165, 1.54) is 0 Å². The first-order valence-electron chi connectivity index (χ1n) is 10.3. The topological polar surface area (TPSA) is 73.8 Å². The molecule has 30 heavy (non-hydrogen) atoms. The Kier molecular flexibility index (Phi) is 10.3. The Hall–Kier alpha value is -1.46. The Bertz CT molecular complexity index is 697. The van der Waals surface area contributed by atoms with Gasteiger partial charge in [0.15, 0.2) is 17.5 Å². The first-order chi connectivity index (χ1) is 14.2. The van der Waals surface area contributed by atoms with E-state index in [1.807, 2.05) is 12.1 Å². The largest absolute Gasteiger partial charge is 0.493 e. The fourth-order valence-corrected chi connectivity index (χ4v) is 3.86. The predicted molar refractivity (Wildman–Crippen MR) is 127 cm³/mol. The second-order valence-electron chi connectivity index (χ2n) is 7.07. The number of nitrogens with one attached hydrogen (secondary N) is 1. The van der Waals surface area contributed by atoms with Crippen LogP contribution in [0.25, 0.3) is 0 Å². The summed E-state index contributed by atoms with van der Waals surface area (Å²) in [5.41, 5.74) is 0.935. The van der Waals surface area contributed by atoms with E-state index in [2.05, 4.69) is 17.1 Å². The standard InChI is InChI=1S/C21H33N3O5.HI/c1-5-22-21(24-10-12-29-18(14-24)16-7-6-11-28-16)23-13-15-8-9-17(25-2)20(27-4)19(15)26-3;/h8-9,16,18H,5-7,10-14H2,1-4H3,(H,22,23);1H. The lowest BCUT2D eigenvalue weighted by molar-refractivity contribution is -0.0817. The Morgan fingerprint density at radius 2 is 1.87 bits per heavy atom. The summed E-state index contributed by atoms with van der Waals surface area (Å²) in [6, 6.07) is 3.84. The van der Waals surface area contributed by atoms with Gasteiger partial charge < -0.3 is 33.9 Å². The molecular formula is C21H34IN3O5. The number of methoxy groups -OCH3 is 3. The number of nitrogens with zero attached hydrogens (tertiary/aromatic N) is 2. The smallest absolute Gasteiger partial charge is 0.203 e. The summed E-state index contributed by atoms with van der Waals surface area (Å²) >= 11 is 0. The van der Waals surface area contributed by atoms with Crippen LogP contribution in [0.2, 0.25) is 0 Å². The number of guanidine groups is 1. The number of ether oxygens (including phenoxy) is 5. The third kappa shape index (κ3) is 5.82. The summed E-state index contributed by atoms with van der Waals surface area (Å²) in [7, 11) is 4.85.